The predicted molar refractivity (Wildman–Crippen MR) is 111 cm³/mol. The summed E-state index contributed by atoms with van der Waals surface area (Å²) in [5.74, 6) is 0.0191. The zero-order valence-electron chi connectivity index (χ0n) is 16.1. The third kappa shape index (κ3) is 3.81. The minimum Gasteiger partial charge on any atom is -0.493 e. The maximum absolute atomic E-state index is 12.3. The number of aromatic hydroxyl groups is 1. The molecule has 6 nitrogen and oxygen atoms in total. The molecule has 6 heteroatoms. The normalized spacial score (nSPS) is 12.4. The Morgan fingerprint density at radius 3 is 2.46 bits per heavy atom. The molecule has 0 saturated carbocycles. The van der Waals surface area contributed by atoms with E-state index in [9.17, 15) is 14.7 Å². The number of nitrogens with one attached hydrogen (secondary N) is 1. The van der Waals surface area contributed by atoms with Crippen LogP contribution in [-0.4, -0.2) is 20.9 Å². The number of para-hydroxylation sites is 1. The number of benzene rings is 2. The molecule has 0 bridgehead atoms. The van der Waals surface area contributed by atoms with Gasteiger partial charge in [0.2, 0.25) is 5.88 Å². The van der Waals surface area contributed by atoms with Gasteiger partial charge in [0.15, 0.2) is 0 Å². The Labute approximate surface area is 162 Å². The number of rotatable bonds is 5. The molecule has 0 amide bonds. The van der Waals surface area contributed by atoms with E-state index < -0.39 is 17.1 Å². The SMILES string of the molecule is CC[C@H](C)c1ccc(N=Cc2c(O)n(-c3ccccc3C)c(=O)[nH]c2=O)cc1. The monoisotopic (exact) mass is 377 g/mol. The quantitative estimate of drug-likeness (QED) is 0.663. The highest BCUT2D eigenvalue weighted by Crippen LogP contribution is 2.22. The highest BCUT2D eigenvalue weighted by atomic mass is 16.3. The lowest BCUT2D eigenvalue weighted by Crippen LogP contribution is -2.31. The van der Waals surface area contributed by atoms with E-state index >= 15 is 0 Å². The van der Waals surface area contributed by atoms with Crippen LogP contribution in [0.2, 0.25) is 0 Å². The van der Waals surface area contributed by atoms with Gasteiger partial charge in [-0.2, -0.15) is 0 Å². The summed E-state index contributed by atoms with van der Waals surface area (Å²) >= 11 is 0. The number of aromatic nitrogens is 2. The molecule has 1 aromatic heterocycles. The van der Waals surface area contributed by atoms with Gasteiger partial charge in [0.05, 0.1) is 11.4 Å². The third-order valence-electron chi connectivity index (χ3n) is 4.89. The lowest BCUT2D eigenvalue weighted by molar-refractivity contribution is 0.430. The van der Waals surface area contributed by atoms with Crippen molar-refractivity contribution in [2.75, 3.05) is 0 Å². The fourth-order valence-corrected chi connectivity index (χ4v) is 2.96. The maximum atomic E-state index is 12.3. The second kappa shape index (κ2) is 8.08. The zero-order valence-corrected chi connectivity index (χ0v) is 16.1. The van der Waals surface area contributed by atoms with E-state index in [-0.39, 0.29) is 5.56 Å². The van der Waals surface area contributed by atoms with Crippen molar-refractivity contribution in [2.45, 2.75) is 33.1 Å². The highest BCUT2D eigenvalue weighted by molar-refractivity contribution is 5.84. The second-order valence-corrected chi connectivity index (χ2v) is 6.78. The average Bonchev–Trinajstić information content (AvgIpc) is 2.69. The van der Waals surface area contributed by atoms with Crippen LogP contribution in [-0.2, 0) is 0 Å². The van der Waals surface area contributed by atoms with Crippen molar-refractivity contribution in [1.82, 2.24) is 9.55 Å². The first-order valence-corrected chi connectivity index (χ1v) is 9.20. The molecule has 0 fully saturated rings. The molecule has 0 aliphatic heterocycles. The summed E-state index contributed by atoms with van der Waals surface area (Å²) in [6.45, 7) is 6.11. The molecule has 2 aromatic carbocycles. The van der Waals surface area contributed by atoms with Crippen LogP contribution in [0.25, 0.3) is 5.69 Å². The highest BCUT2D eigenvalue weighted by Gasteiger charge is 2.15. The van der Waals surface area contributed by atoms with E-state index in [0.717, 1.165) is 16.6 Å². The molecule has 3 rings (SSSR count). The summed E-state index contributed by atoms with van der Waals surface area (Å²) in [7, 11) is 0. The molecule has 1 heterocycles. The van der Waals surface area contributed by atoms with E-state index in [1.165, 1.54) is 11.8 Å². The zero-order chi connectivity index (χ0) is 20.3. The fourth-order valence-electron chi connectivity index (χ4n) is 2.96. The van der Waals surface area contributed by atoms with E-state index in [1.54, 1.807) is 12.1 Å². The van der Waals surface area contributed by atoms with Crippen LogP contribution in [0.3, 0.4) is 0 Å². The van der Waals surface area contributed by atoms with Gasteiger partial charge in [0, 0.05) is 6.21 Å². The molecular formula is C22H23N3O3. The van der Waals surface area contributed by atoms with Crippen LogP contribution in [0, 0.1) is 6.92 Å². The van der Waals surface area contributed by atoms with Crippen LogP contribution in [0.4, 0.5) is 5.69 Å². The number of aliphatic imine (C=N–C) groups is 1. The first-order chi connectivity index (χ1) is 13.4. The number of hydrogen-bond donors (Lipinski definition) is 2. The van der Waals surface area contributed by atoms with Gasteiger partial charge in [-0.25, -0.2) is 9.36 Å². The van der Waals surface area contributed by atoms with Crippen molar-refractivity contribution in [3.05, 3.63) is 86.1 Å². The maximum Gasteiger partial charge on any atom is 0.335 e. The van der Waals surface area contributed by atoms with Crippen molar-refractivity contribution < 1.29 is 5.11 Å². The van der Waals surface area contributed by atoms with Crippen molar-refractivity contribution in [2.24, 2.45) is 4.99 Å². The number of hydrogen-bond acceptors (Lipinski definition) is 4. The largest absolute Gasteiger partial charge is 0.493 e. The smallest absolute Gasteiger partial charge is 0.335 e. The molecule has 28 heavy (non-hydrogen) atoms. The van der Waals surface area contributed by atoms with Gasteiger partial charge < -0.3 is 5.11 Å². The summed E-state index contributed by atoms with van der Waals surface area (Å²) in [6.07, 6.45) is 2.33. The van der Waals surface area contributed by atoms with Gasteiger partial charge in [-0.05, 0) is 48.6 Å². The van der Waals surface area contributed by atoms with E-state index in [1.807, 2.05) is 43.3 Å². The Kier molecular flexibility index (Phi) is 5.59. The standard InChI is InChI=1S/C22H23N3O3/c1-4-14(2)16-9-11-17(12-10-16)23-13-18-20(26)24-22(28)25(21(18)27)19-8-6-5-7-15(19)3/h5-14,27H,4H2,1-3H3,(H,24,26,28)/t14-/m0/s1. The molecule has 2 N–H and O–H groups in total. The molecule has 1 atom stereocenters. The minimum absolute atomic E-state index is 0.0751. The van der Waals surface area contributed by atoms with Crippen molar-refractivity contribution in [3.63, 3.8) is 0 Å². The third-order valence-corrected chi connectivity index (χ3v) is 4.89. The molecule has 0 aliphatic carbocycles. The van der Waals surface area contributed by atoms with Crippen LogP contribution >= 0.6 is 0 Å². The van der Waals surface area contributed by atoms with Crippen LogP contribution < -0.4 is 11.2 Å². The Hall–Kier alpha value is -3.41. The summed E-state index contributed by atoms with van der Waals surface area (Å²) in [5, 5.41) is 10.6. The molecule has 0 spiro atoms. The number of nitrogens with zero attached hydrogens (tertiary/aromatic N) is 2. The molecule has 3 aromatic rings. The van der Waals surface area contributed by atoms with E-state index in [0.29, 0.717) is 17.3 Å². The van der Waals surface area contributed by atoms with Gasteiger partial charge >= 0.3 is 5.69 Å². The van der Waals surface area contributed by atoms with Gasteiger partial charge in [0.1, 0.15) is 5.56 Å². The molecule has 0 radical (unpaired) electrons. The second-order valence-electron chi connectivity index (χ2n) is 6.78. The van der Waals surface area contributed by atoms with Gasteiger partial charge in [0.25, 0.3) is 5.56 Å². The van der Waals surface area contributed by atoms with Crippen LogP contribution in [0.15, 0.2) is 63.1 Å². The summed E-state index contributed by atoms with van der Waals surface area (Å²) in [6, 6.07) is 14.8. The van der Waals surface area contributed by atoms with Crippen LogP contribution in [0.5, 0.6) is 5.88 Å². The predicted octanol–water partition coefficient (Wildman–Crippen LogP) is 3.80. The molecule has 0 unspecified atom stereocenters. The van der Waals surface area contributed by atoms with Crippen molar-refractivity contribution in [3.8, 4) is 11.6 Å². The lowest BCUT2D eigenvalue weighted by Gasteiger charge is -2.11. The Morgan fingerprint density at radius 1 is 1.14 bits per heavy atom. The average molecular weight is 377 g/mol. The number of aromatic amines is 1. The summed E-state index contributed by atoms with van der Waals surface area (Å²) in [5.41, 5.74) is 1.69. The first-order valence-electron chi connectivity index (χ1n) is 9.20. The van der Waals surface area contributed by atoms with E-state index in [4.69, 9.17) is 0 Å². The topological polar surface area (TPSA) is 87.4 Å². The van der Waals surface area contributed by atoms with Gasteiger partial charge in [-0.3, -0.25) is 14.8 Å². The molecule has 0 aliphatic rings. The Bertz CT molecular complexity index is 1120. The summed E-state index contributed by atoms with van der Waals surface area (Å²) < 4.78 is 1.07. The van der Waals surface area contributed by atoms with Gasteiger partial charge in [-0.1, -0.05) is 44.2 Å². The van der Waals surface area contributed by atoms with Gasteiger partial charge in [-0.15, -0.1) is 0 Å². The number of aryl methyl sites for hydroxylation is 1. The van der Waals surface area contributed by atoms with Crippen molar-refractivity contribution in [1.29, 1.82) is 0 Å². The number of H-pyrrole nitrogens is 1. The van der Waals surface area contributed by atoms with Crippen LogP contribution in [0.1, 0.15) is 42.9 Å². The van der Waals surface area contributed by atoms with E-state index in [2.05, 4.69) is 23.8 Å². The fraction of sp³-hybridized carbons (Fsp3) is 0.227. The Balaban J connectivity index is 2.02. The molecular weight excluding hydrogens is 354 g/mol. The Morgan fingerprint density at radius 2 is 1.82 bits per heavy atom. The minimum atomic E-state index is -0.702. The molecule has 144 valence electrons. The molecule has 0 saturated heterocycles. The lowest BCUT2D eigenvalue weighted by atomic mass is 9.99. The summed E-state index contributed by atoms with van der Waals surface area (Å²) in [4.78, 5) is 31.0. The first kappa shape index (κ1) is 19.4. The van der Waals surface area contributed by atoms with Crippen molar-refractivity contribution >= 4 is 11.9 Å².